The predicted octanol–water partition coefficient (Wildman–Crippen LogP) is 4.67. The minimum absolute atomic E-state index is 0.0623. The summed E-state index contributed by atoms with van der Waals surface area (Å²) in [5.41, 5.74) is 1.76. The highest BCUT2D eigenvalue weighted by atomic mass is 32.2. The standard InChI is InChI=1S/C20H22N2O3S2/c1-15-22-17(13-26-15)14-27-19-7-5-16(6-8-19)20(23)21-9-3-10-24-12-18-4-2-11-25-18/h2,4-8,11,13H,3,9-10,12,14H2,1H3,(H,21,23). The Bertz CT molecular complexity index is 829. The highest BCUT2D eigenvalue weighted by molar-refractivity contribution is 7.98. The molecule has 0 saturated carbocycles. The maximum Gasteiger partial charge on any atom is 0.251 e. The summed E-state index contributed by atoms with van der Waals surface area (Å²) in [6.07, 6.45) is 2.39. The van der Waals surface area contributed by atoms with Crippen molar-refractivity contribution >= 4 is 29.0 Å². The number of aromatic nitrogens is 1. The number of ether oxygens (including phenoxy) is 1. The van der Waals surface area contributed by atoms with Crippen molar-refractivity contribution in [2.45, 2.75) is 30.6 Å². The van der Waals surface area contributed by atoms with Crippen LogP contribution >= 0.6 is 23.1 Å². The number of thioether (sulfide) groups is 1. The third-order valence-corrected chi connectivity index (χ3v) is 5.61. The lowest BCUT2D eigenvalue weighted by Crippen LogP contribution is -2.25. The number of carbonyl (C=O) groups is 1. The minimum Gasteiger partial charge on any atom is -0.467 e. The van der Waals surface area contributed by atoms with Gasteiger partial charge in [-0.25, -0.2) is 4.98 Å². The van der Waals surface area contributed by atoms with Gasteiger partial charge >= 0.3 is 0 Å². The smallest absolute Gasteiger partial charge is 0.251 e. The lowest BCUT2D eigenvalue weighted by atomic mass is 10.2. The number of hydrogen-bond acceptors (Lipinski definition) is 6. The van der Waals surface area contributed by atoms with Gasteiger partial charge in [0.1, 0.15) is 12.4 Å². The maximum atomic E-state index is 12.2. The zero-order valence-electron chi connectivity index (χ0n) is 15.1. The van der Waals surface area contributed by atoms with Crippen LogP contribution < -0.4 is 5.32 Å². The molecule has 2 aromatic heterocycles. The van der Waals surface area contributed by atoms with Crippen molar-refractivity contribution in [2.24, 2.45) is 0 Å². The van der Waals surface area contributed by atoms with Crippen LogP contribution in [0.15, 0.2) is 57.4 Å². The van der Waals surface area contributed by atoms with Gasteiger partial charge in [-0.1, -0.05) is 0 Å². The van der Waals surface area contributed by atoms with Gasteiger partial charge in [-0.3, -0.25) is 4.79 Å². The van der Waals surface area contributed by atoms with Crippen molar-refractivity contribution in [3.8, 4) is 0 Å². The van der Waals surface area contributed by atoms with E-state index >= 15 is 0 Å². The average molecular weight is 403 g/mol. The summed E-state index contributed by atoms with van der Waals surface area (Å²) in [5, 5.41) is 6.09. The summed E-state index contributed by atoms with van der Waals surface area (Å²) in [6, 6.07) is 11.4. The Morgan fingerprint density at radius 2 is 2.15 bits per heavy atom. The third kappa shape index (κ3) is 6.53. The monoisotopic (exact) mass is 402 g/mol. The van der Waals surface area contributed by atoms with Crippen LogP contribution in [0.1, 0.15) is 33.2 Å². The molecule has 0 aliphatic rings. The Labute approximate surface area is 167 Å². The molecule has 1 aromatic carbocycles. The van der Waals surface area contributed by atoms with E-state index in [9.17, 15) is 4.79 Å². The zero-order valence-corrected chi connectivity index (χ0v) is 16.8. The number of aryl methyl sites for hydroxylation is 1. The van der Waals surface area contributed by atoms with Gasteiger partial charge in [0.05, 0.1) is 17.0 Å². The molecule has 0 bridgehead atoms. The topological polar surface area (TPSA) is 64.4 Å². The van der Waals surface area contributed by atoms with Gasteiger partial charge in [0.25, 0.3) is 5.91 Å². The van der Waals surface area contributed by atoms with Crippen molar-refractivity contribution in [1.82, 2.24) is 10.3 Å². The van der Waals surface area contributed by atoms with Crippen LogP contribution in [0.4, 0.5) is 0 Å². The van der Waals surface area contributed by atoms with Crippen molar-refractivity contribution in [3.05, 3.63) is 70.1 Å². The molecule has 1 amide bonds. The predicted molar refractivity (Wildman–Crippen MR) is 108 cm³/mol. The third-order valence-electron chi connectivity index (χ3n) is 3.75. The fourth-order valence-electron chi connectivity index (χ4n) is 2.38. The highest BCUT2D eigenvalue weighted by Gasteiger charge is 2.06. The normalized spacial score (nSPS) is 10.9. The second-order valence-corrected chi connectivity index (χ2v) is 8.02. The fourth-order valence-corrected chi connectivity index (χ4v) is 3.89. The quantitative estimate of drug-likeness (QED) is 0.394. The van der Waals surface area contributed by atoms with Crippen molar-refractivity contribution in [1.29, 1.82) is 0 Å². The first-order valence-corrected chi connectivity index (χ1v) is 10.6. The Morgan fingerprint density at radius 3 is 2.85 bits per heavy atom. The summed E-state index contributed by atoms with van der Waals surface area (Å²) in [7, 11) is 0. The summed E-state index contributed by atoms with van der Waals surface area (Å²) < 4.78 is 10.7. The van der Waals surface area contributed by atoms with Crippen LogP contribution in [0.5, 0.6) is 0 Å². The Morgan fingerprint density at radius 1 is 1.30 bits per heavy atom. The molecular formula is C20H22N2O3S2. The van der Waals surface area contributed by atoms with Gasteiger partial charge in [-0.2, -0.15) is 0 Å². The van der Waals surface area contributed by atoms with Gasteiger partial charge in [-0.15, -0.1) is 23.1 Å². The molecule has 142 valence electrons. The van der Waals surface area contributed by atoms with Crippen LogP contribution in [-0.2, 0) is 17.1 Å². The van der Waals surface area contributed by atoms with E-state index in [2.05, 4.69) is 15.7 Å². The van der Waals surface area contributed by atoms with Gasteiger partial charge in [0.2, 0.25) is 0 Å². The number of carbonyl (C=O) groups excluding carboxylic acids is 1. The Balaban J connectivity index is 1.33. The van der Waals surface area contributed by atoms with E-state index in [0.717, 1.165) is 33.5 Å². The van der Waals surface area contributed by atoms with Crippen LogP contribution in [0.3, 0.4) is 0 Å². The molecule has 3 rings (SSSR count). The van der Waals surface area contributed by atoms with Gasteiger partial charge in [0, 0.05) is 34.7 Å². The molecule has 2 heterocycles. The SMILES string of the molecule is Cc1nc(CSc2ccc(C(=O)NCCCOCc3ccco3)cc2)cs1. The first-order chi connectivity index (χ1) is 13.2. The van der Waals surface area contributed by atoms with Gasteiger partial charge < -0.3 is 14.5 Å². The molecular weight excluding hydrogens is 380 g/mol. The second kappa shape index (κ2) is 10.3. The molecule has 0 aliphatic carbocycles. The first kappa shape index (κ1) is 19.7. The molecule has 0 atom stereocenters. The molecule has 7 heteroatoms. The Kier molecular flexibility index (Phi) is 7.50. The van der Waals surface area contributed by atoms with E-state index in [-0.39, 0.29) is 5.91 Å². The van der Waals surface area contributed by atoms with E-state index in [1.54, 1.807) is 29.4 Å². The summed E-state index contributed by atoms with van der Waals surface area (Å²) >= 11 is 3.39. The van der Waals surface area contributed by atoms with Crippen LogP contribution in [0, 0.1) is 6.92 Å². The maximum absolute atomic E-state index is 12.2. The molecule has 27 heavy (non-hydrogen) atoms. The number of nitrogens with one attached hydrogen (secondary N) is 1. The van der Waals surface area contributed by atoms with Crippen LogP contribution in [-0.4, -0.2) is 24.0 Å². The molecule has 1 N–H and O–H groups in total. The number of furan rings is 1. The van der Waals surface area contributed by atoms with Crippen molar-refractivity contribution in [3.63, 3.8) is 0 Å². The first-order valence-electron chi connectivity index (χ1n) is 8.73. The fraction of sp³-hybridized carbons (Fsp3) is 0.300. The highest BCUT2D eigenvalue weighted by Crippen LogP contribution is 2.23. The van der Waals surface area contributed by atoms with E-state index in [1.807, 2.05) is 43.3 Å². The second-order valence-electron chi connectivity index (χ2n) is 5.91. The summed E-state index contributed by atoms with van der Waals surface area (Å²) in [4.78, 5) is 17.8. The van der Waals surface area contributed by atoms with E-state index < -0.39 is 0 Å². The number of nitrogens with zero attached hydrogens (tertiary/aromatic N) is 1. The molecule has 0 radical (unpaired) electrons. The molecule has 3 aromatic rings. The number of hydrogen-bond donors (Lipinski definition) is 1. The molecule has 5 nitrogen and oxygen atoms in total. The van der Waals surface area contributed by atoms with Crippen molar-refractivity contribution in [2.75, 3.05) is 13.2 Å². The van der Waals surface area contributed by atoms with Crippen LogP contribution in [0.25, 0.3) is 0 Å². The average Bonchev–Trinajstić information content (AvgIpc) is 3.35. The number of thiazole rings is 1. The largest absolute Gasteiger partial charge is 0.467 e. The van der Waals surface area contributed by atoms with E-state index in [4.69, 9.17) is 9.15 Å². The van der Waals surface area contributed by atoms with E-state index in [0.29, 0.717) is 25.3 Å². The molecule has 0 unspecified atom stereocenters. The Hall–Kier alpha value is -2.09. The lowest BCUT2D eigenvalue weighted by Gasteiger charge is -2.06. The minimum atomic E-state index is -0.0623. The number of benzene rings is 1. The van der Waals surface area contributed by atoms with Gasteiger partial charge in [0.15, 0.2) is 0 Å². The van der Waals surface area contributed by atoms with E-state index in [1.165, 1.54) is 0 Å². The zero-order chi connectivity index (χ0) is 18.9. The van der Waals surface area contributed by atoms with Crippen LogP contribution in [0.2, 0.25) is 0 Å². The number of amides is 1. The molecule has 0 spiro atoms. The van der Waals surface area contributed by atoms with Crippen molar-refractivity contribution < 1.29 is 13.9 Å². The summed E-state index contributed by atoms with van der Waals surface area (Å²) in [6.45, 7) is 3.63. The molecule has 0 fully saturated rings. The lowest BCUT2D eigenvalue weighted by molar-refractivity contribution is 0.0917. The molecule has 0 aliphatic heterocycles. The summed E-state index contributed by atoms with van der Waals surface area (Å²) in [5.74, 6) is 1.59. The molecule has 0 saturated heterocycles. The van der Waals surface area contributed by atoms with Gasteiger partial charge in [-0.05, 0) is 49.7 Å². The number of rotatable bonds is 10.